The van der Waals surface area contributed by atoms with Gasteiger partial charge in [-0.05, 0) is 30.9 Å². The first-order valence-electron chi connectivity index (χ1n) is 10.9. The number of benzene rings is 1. The van der Waals surface area contributed by atoms with Crippen molar-refractivity contribution in [3.63, 3.8) is 0 Å². The summed E-state index contributed by atoms with van der Waals surface area (Å²) in [5.41, 5.74) is 1.01. The lowest BCUT2D eigenvalue weighted by atomic mass is 10.0. The van der Waals surface area contributed by atoms with Crippen molar-refractivity contribution >= 4 is 0 Å². The predicted molar refractivity (Wildman–Crippen MR) is 110 cm³/mol. The van der Waals surface area contributed by atoms with Crippen molar-refractivity contribution in [2.75, 3.05) is 6.61 Å². The molecule has 2 N–H and O–H groups in total. The second kappa shape index (κ2) is 14.8. The minimum atomic E-state index is -0.101. The van der Waals surface area contributed by atoms with Crippen molar-refractivity contribution in [2.45, 2.75) is 104 Å². The Kier molecular flexibility index (Phi) is 12.9. The van der Waals surface area contributed by atoms with E-state index in [1.165, 1.54) is 64.2 Å². The Balaban J connectivity index is 2.37. The van der Waals surface area contributed by atoms with Crippen LogP contribution in [0.2, 0.25) is 0 Å². The standard InChI is InChI=1S/C23H40O3/c1-3-5-7-9-11-12-14-16-20-17-18-21(24)22(25)23(20)26-19-15-13-10-8-6-4-2/h17-18,24-25H,3-16,19H2,1-2H3. The second-order valence-electron chi connectivity index (χ2n) is 7.41. The third kappa shape index (κ3) is 9.35. The van der Waals surface area contributed by atoms with Crippen LogP contribution in [0.25, 0.3) is 0 Å². The number of hydrogen-bond donors (Lipinski definition) is 2. The molecule has 0 bridgehead atoms. The Morgan fingerprint density at radius 1 is 0.692 bits per heavy atom. The fourth-order valence-electron chi connectivity index (χ4n) is 3.29. The third-order valence-electron chi connectivity index (χ3n) is 4.99. The first kappa shape index (κ1) is 22.7. The molecule has 3 nitrogen and oxygen atoms in total. The zero-order valence-electron chi connectivity index (χ0n) is 17.1. The number of phenols is 2. The first-order chi connectivity index (χ1) is 12.7. The van der Waals surface area contributed by atoms with Crippen LogP contribution < -0.4 is 4.74 Å². The van der Waals surface area contributed by atoms with E-state index in [1.54, 1.807) is 6.07 Å². The lowest BCUT2D eigenvalue weighted by molar-refractivity contribution is 0.280. The molecule has 1 aromatic rings. The summed E-state index contributed by atoms with van der Waals surface area (Å²) >= 11 is 0. The van der Waals surface area contributed by atoms with E-state index in [0.717, 1.165) is 31.2 Å². The molecule has 0 unspecified atom stereocenters. The van der Waals surface area contributed by atoms with E-state index in [1.807, 2.05) is 6.07 Å². The maximum absolute atomic E-state index is 10.2. The fourth-order valence-corrected chi connectivity index (χ4v) is 3.29. The highest BCUT2D eigenvalue weighted by molar-refractivity contribution is 5.54. The van der Waals surface area contributed by atoms with Crippen molar-refractivity contribution in [2.24, 2.45) is 0 Å². The van der Waals surface area contributed by atoms with E-state index in [0.29, 0.717) is 12.4 Å². The van der Waals surface area contributed by atoms with Crippen LogP contribution in [0.4, 0.5) is 0 Å². The number of unbranched alkanes of at least 4 members (excludes halogenated alkanes) is 11. The molecule has 1 aromatic carbocycles. The summed E-state index contributed by atoms with van der Waals surface area (Å²) in [7, 11) is 0. The Labute approximate surface area is 160 Å². The van der Waals surface area contributed by atoms with Crippen LogP contribution in [0.5, 0.6) is 17.2 Å². The lowest BCUT2D eigenvalue weighted by Crippen LogP contribution is -2.01. The van der Waals surface area contributed by atoms with Gasteiger partial charge in [-0.25, -0.2) is 0 Å². The van der Waals surface area contributed by atoms with Gasteiger partial charge >= 0.3 is 0 Å². The van der Waals surface area contributed by atoms with E-state index in [-0.39, 0.29) is 11.5 Å². The Bertz CT molecular complexity index is 471. The lowest BCUT2D eigenvalue weighted by Gasteiger charge is -2.14. The van der Waals surface area contributed by atoms with E-state index in [9.17, 15) is 10.2 Å². The van der Waals surface area contributed by atoms with Crippen LogP contribution in [0.3, 0.4) is 0 Å². The van der Waals surface area contributed by atoms with Crippen LogP contribution in [0.1, 0.15) is 103 Å². The molecule has 0 heterocycles. The molecule has 1 rings (SSSR count). The summed E-state index contributed by atoms with van der Waals surface area (Å²) < 4.78 is 5.86. The van der Waals surface area contributed by atoms with Crippen LogP contribution in [-0.2, 0) is 6.42 Å². The van der Waals surface area contributed by atoms with Gasteiger partial charge in [-0.1, -0.05) is 90.5 Å². The third-order valence-corrected chi connectivity index (χ3v) is 4.99. The molecule has 0 saturated heterocycles. The quantitative estimate of drug-likeness (QED) is 0.242. The molecule has 0 saturated carbocycles. The van der Waals surface area contributed by atoms with Crippen molar-refractivity contribution in [3.8, 4) is 17.2 Å². The minimum Gasteiger partial charge on any atom is -0.504 e. The van der Waals surface area contributed by atoms with Gasteiger partial charge in [-0.2, -0.15) is 0 Å². The molecule has 0 amide bonds. The van der Waals surface area contributed by atoms with Gasteiger partial charge in [0, 0.05) is 0 Å². The highest BCUT2D eigenvalue weighted by Crippen LogP contribution is 2.39. The van der Waals surface area contributed by atoms with E-state index < -0.39 is 0 Å². The van der Waals surface area contributed by atoms with Gasteiger partial charge in [0.1, 0.15) is 0 Å². The smallest absolute Gasteiger partial charge is 0.200 e. The molecule has 0 radical (unpaired) electrons. The van der Waals surface area contributed by atoms with Crippen molar-refractivity contribution < 1.29 is 14.9 Å². The number of rotatable bonds is 16. The number of hydrogen-bond acceptors (Lipinski definition) is 3. The van der Waals surface area contributed by atoms with Crippen molar-refractivity contribution in [1.82, 2.24) is 0 Å². The van der Waals surface area contributed by atoms with Crippen molar-refractivity contribution in [1.29, 1.82) is 0 Å². The second-order valence-corrected chi connectivity index (χ2v) is 7.41. The molecular formula is C23H40O3. The van der Waals surface area contributed by atoms with Gasteiger partial charge in [0.05, 0.1) is 6.61 Å². The zero-order valence-corrected chi connectivity index (χ0v) is 17.1. The van der Waals surface area contributed by atoms with Gasteiger partial charge in [-0.15, -0.1) is 0 Å². The van der Waals surface area contributed by atoms with Crippen LogP contribution >= 0.6 is 0 Å². The fraction of sp³-hybridized carbons (Fsp3) is 0.739. The molecule has 0 aliphatic rings. The zero-order chi connectivity index (χ0) is 19.0. The minimum absolute atomic E-state index is 0.0914. The molecule has 26 heavy (non-hydrogen) atoms. The molecule has 0 aromatic heterocycles. The molecule has 0 fully saturated rings. The molecule has 0 aliphatic carbocycles. The average Bonchev–Trinajstić information content (AvgIpc) is 2.64. The van der Waals surface area contributed by atoms with E-state index >= 15 is 0 Å². The van der Waals surface area contributed by atoms with Gasteiger partial charge in [0.15, 0.2) is 11.5 Å². The number of ether oxygens (including phenoxy) is 1. The maximum Gasteiger partial charge on any atom is 0.200 e. The van der Waals surface area contributed by atoms with Gasteiger partial charge in [0.2, 0.25) is 5.75 Å². The molecule has 3 heteroatoms. The number of phenolic OH excluding ortho intramolecular Hbond substituents is 2. The highest BCUT2D eigenvalue weighted by atomic mass is 16.5. The maximum atomic E-state index is 10.2. The topological polar surface area (TPSA) is 49.7 Å². The summed E-state index contributed by atoms with van der Waals surface area (Å²) in [4.78, 5) is 0. The van der Waals surface area contributed by atoms with Crippen molar-refractivity contribution in [3.05, 3.63) is 17.7 Å². The van der Waals surface area contributed by atoms with E-state index in [4.69, 9.17) is 4.74 Å². The number of aryl methyl sites for hydroxylation is 1. The summed E-state index contributed by atoms with van der Waals surface area (Å²) in [6.07, 6.45) is 17.0. The normalized spacial score (nSPS) is 11.0. The predicted octanol–water partition coefficient (Wildman–Crippen LogP) is 7.13. The summed E-state index contributed by atoms with van der Waals surface area (Å²) in [6.45, 7) is 5.07. The first-order valence-corrected chi connectivity index (χ1v) is 10.9. The van der Waals surface area contributed by atoms with E-state index in [2.05, 4.69) is 13.8 Å². The Morgan fingerprint density at radius 2 is 1.23 bits per heavy atom. The monoisotopic (exact) mass is 364 g/mol. The van der Waals surface area contributed by atoms with Gasteiger partial charge in [-0.3, -0.25) is 0 Å². The average molecular weight is 365 g/mol. The van der Waals surface area contributed by atoms with Gasteiger partial charge < -0.3 is 14.9 Å². The summed E-state index contributed by atoms with van der Waals surface area (Å²) in [6, 6.07) is 3.46. The molecule has 0 aliphatic heterocycles. The van der Waals surface area contributed by atoms with Crippen LogP contribution in [-0.4, -0.2) is 16.8 Å². The Morgan fingerprint density at radius 3 is 1.85 bits per heavy atom. The molecule has 0 atom stereocenters. The SMILES string of the molecule is CCCCCCCCCc1ccc(O)c(O)c1OCCCCCCCC. The largest absolute Gasteiger partial charge is 0.504 e. The molecule has 150 valence electrons. The van der Waals surface area contributed by atoms with Crippen LogP contribution in [0, 0.1) is 0 Å². The Hall–Kier alpha value is -1.38. The van der Waals surface area contributed by atoms with Crippen LogP contribution in [0.15, 0.2) is 12.1 Å². The summed E-state index contributed by atoms with van der Waals surface area (Å²) in [5, 5.41) is 20.0. The molecular weight excluding hydrogens is 324 g/mol. The summed E-state index contributed by atoms with van der Waals surface area (Å²) in [5.74, 6) is 0.298. The molecule has 0 spiro atoms. The van der Waals surface area contributed by atoms with Gasteiger partial charge in [0.25, 0.3) is 0 Å². The highest BCUT2D eigenvalue weighted by Gasteiger charge is 2.13. The number of aromatic hydroxyl groups is 2.